The first kappa shape index (κ1) is 15.0. The van der Waals surface area contributed by atoms with Crippen molar-refractivity contribution in [1.29, 1.82) is 0 Å². The number of hydrogen-bond donors (Lipinski definition) is 1. The van der Waals surface area contributed by atoms with Crippen molar-refractivity contribution in [3.63, 3.8) is 0 Å². The zero-order valence-corrected chi connectivity index (χ0v) is 14.5. The summed E-state index contributed by atoms with van der Waals surface area (Å²) in [6, 6.07) is 10.9. The van der Waals surface area contributed by atoms with Gasteiger partial charge in [-0.15, -0.1) is 0 Å². The average Bonchev–Trinajstić information content (AvgIpc) is 2.94. The van der Waals surface area contributed by atoms with Crippen LogP contribution in [0.3, 0.4) is 0 Å². The molecule has 1 aliphatic rings. The van der Waals surface area contributed by atoms with E-state index in [0.717, 1.165) is 54.5 Å². The number of aromatic nitrogens is 3. The molecule has 1 aromatic carbocycles. The summed E-state index contributed by atoms with van der Waals surface area (Å²) in [5.74, 6) is 1.88. The molecule has 0 bridgehead atoms. The van der Waals surface area contributed by atoms with Crippen molar-refractivity contribution in [2.45, 2.75) is 20.8 Å². The number of benzene rings is 1. The maximum absolute atomic E-state index is 4.73. The molecule has 1 fully saturated rings. The topological polar surface area (TPSA) is 48.1 Å². The van der Waals surface area contributed by atoms with Crippen LogP contribution in [0.4, 0.5) is 11.5 Å². The minimum absolute atomic E-state index is 0.820. The third kappa shape index (κ3) is 2.70. The van der Waals surface area contributed by atoms with Gasteiger partial charge in [0.25, 0.3) is 0 Å². The molecule has 0 aliphatic carbocycles. The molecule has 3 aromatic rings. The quantitative estimate of drug-likeness (QED) is 0.787. The van der Waals surface area contributed by atoms with E-state index < -0.39 is 0 Å². The van der Waals surface area contributed by atoms with Gasteiger partial charge in [-0.1, -0.05) is 12.1 Å². The Kier molecular flexibility index (Phi) is 3.63. The minimum atomic E-state index is 0.820. The van der Waals surface area contributed by atoms with Gasteiger partial charge in [-0.3, -0.25) is 0 Å². The van der Waals surface area contributed by atoms with Crippen LogP contribution in [0, 0.1) is 20.8 Å². The van der Waals surface area contributed by atoms with Crippen molar-refractivity contribution in [3.05, 3.63) is 47.4 Å². The maximum Gasteiger partial charge on any atom is 0.143 e. The van der Waals surface area contributed by atoms with Gasteiger partial charge in [-0.25, -0.2) is 9.97 Å². The highest BCUT2D eigenvalue weighted by Crippen LogP contribution is 2.26. The second-order valence-corrected chi connectivity index (χ2v) is 6.62. The van der Waals surface area contributed by atoms with E-state index in [0.29, 0.717) is 0 Å². The lowest BCUT2D eigenvalue weighted by Gasteiger charge is -2.37. The summed E-state index contributed by atoms with van der Waals surface area (Å²) in [7, 11) is 0. The molecular weight excluding hydrogens is 298 g/mol. The van der Waals surface area contributed by atoms with E-state index in [1.807, 2.05) is 6.92 Å². The van der Waals surface area contributed by atoms with Crippen LogP contribution in [0.15, 0.2) is 30.3 Å². The first-order valence-corrected chi connectivity index (χ1v) is 8.51. The summed E-state index contributed by atoms with van der Waals surface area (Å²) in [6.07, 6.45) is 0. The van der Waals surface area contributed by atoms with E-state index in [1.54, 1.807) is 0 Å². The van der Waals surface area contributed by atoms with Crippen LogP contribution in [0.2, 0.25) is 0 Å². The van der Waals surface area contributed by atoms with Gasteiger partial charge in [0.15, 0.2) is 0 Å². The van der Waals surface area contributed by atoms with Crippen LogP contribution in [-0.2, 0) is 0 Å². The van der Waals surface area contributed by atoms with Crippen molar-refractivity contribution in [3.8, 4) is 0 Å². The molecule has 0 spiro atoms. The summed E-state index contributed by atoms with van der Waals surface area (Å²) in [5.41, 5.74) is 4.70. The Morgan fingerprint density at radius 3 is 2.42 bits per heavy atom. The number of nitrogens with zero attached hydrogens (tertiary/aromatic N) is 4. The molecule has 3 heterocycles. The van der Waals surface area contributed by atoms with Gasteiger partial charge in [0, 0.05) is 37.6 Å². The lowest BCUT2D eigenvalue weighted by Crippen LogP contribution is -2.47. The molecule has 124 valence electrons. The second kappa shape index (κ2) is 5.82. The van der Waals surface area contributed by atoms with E-state index in [1.165, 1.54) is 11.3 Å². The standard InChI is InChI=1S/C19H23N5/c1-13-5-4-6-16(11-13)23-7-9-24(10-8-23)19-17-12-14(2)20-18(17)21-15(3)22-19/h4-6,11-12H,7-10H2,1-3H3,(H,20,21,22). The number of hydrogen-bond acceptors (Lipinski definition) is 4. The lowest BCUT2D eigenvalue weighted by atomic mass is 10.2. The smallest absolute Gasteiger partial charge is 0.143 e. The summed E-state index contributed by atoms with van der Waals surface area (Å²) in [6.45, 7) is 10.1. The van der Waals surface area contributed by atoms with Crippen LogP contribution < -0.4 is 9.80 Å². The number of nitrogens with one attached hydrogen (secondary N) is 1. The fourth-order valence-electron chi connectivity index (χ4n) is 3.48. The number of fused-ring (bicyclic) bond motifs is 1. The number of anilines is 2. The molecular formula is C19H23N5. The molecule has 1 saturated heterocycles. The van der Waals surface area contributed by atoms with Crippen molar-refractivity contribution in [2.24, 2.45) is 0 Å². The van der Waals surface area contributed by atoms with Gasteiger partial charge in [0.2, 0.25) is 0 Å². The predicted molar refractivity (Wildman–Crippen MR) is 99.0 cm³/mol. The molecule has 0 atom stereocenters. The van der Waals surface area contributed by atoms with Gasteiger partial charge >= 0.3 is 0 Å². The van der Waals surface area contributed by atoms with Gasteiger partial charge in [-0.2, -0.15) is 0 Å². The average molecular weight is 321 g/mol. The Balaban J connectivity index is 1.58. The highest BCUT2D eigenvalue weighted by atomic mass is 15.3. The Morgan fingerprint density at radius 1 is 0.917 bits per heavy atom. The predicted octanol–water partition coefficient (Wildman–Crippen LogP) is 3.21. The third-order valence-electron chi connectivity index (χ3n) is 4.66. The zero-order valence-electron chi connectivity index (χ0n) is 14.5. The lowest BCUT2D eigenvalue weighted by molar-refractivity contribution is 0.648. The van der Waals surface area contributed by atoms with E-state index >= 15 is 0 Å². The molecule has 4 rings (SSSR count). The number of aromatic amines is 1. The van der Waals surface area contributed by atoms with E-state index in [-0.39, 0.29) is 0 Å². The molecule has 0 saturated carbocycles. The normalized spacial score (nSPS) is 15.3. The second-order valence-electron chi connectivity index (χ2n) is 6.62. The molecule has 5 nitrogen and oxygen atoms in total. The first-order valence-electron chi connectivity index (χ1n) is 8.51. The Hall–Kier alpha value is -2.56. The van der Waals surface area contributed by atoms with Crippen LogP contribution in [0.25, 0.3) is 11.0 Å². The van der Waals surface area contributed by atoms with Gasteiger partial charge in [0.05, 0.1) is 5.39 Å². The van der Waals surface area contributed by atoms with Gasteiger partial charge in [-0.05, 0) is 44.5 Å². The van der Waals surface area contributed by atoms with Gasteiger partial charge in [0.1, 0.15) is 17.3 Å². The van der Waals surface area contributed by atoms with Crippen LogP contribution in [-0.4, -0.2) is 41.1 Å². The third-order valence-corrected chi connectivity index (χ3v) is 4.66. The van der Waals surface area contributed by atoms with E-state index in [4.69, 9.17) is 4.98 Å². The molecule has 0 amide bonds. The summed E-state index contributed by atoms with van der Waals surface area (Å²) >= 11 is 0. The van der Waals surface area contributed by atoms with Gasteiger partial charge < -0.3 is 14.8 Å². The Morgan fingerprint density at radius 2 is 1.67 bits per heavy atom. The number of H-pyrrole nitrogens is 1. The molecule has 2 aromatic heterocycles. The van der Waals surface area contributed by atoms with Crippen LogP contribution >= 0.6 is 0 Å². The SMILES string of the molecule is Cc1cccc(N2CCN(c3nc(C)nc4[nH]c(C)cc34)CC2)c1. The number of rotatable bonds is 2. The minimum Gasteiger partial charge on any atom is -0.368 e. The summed E-state index contributed by atoms with van der Waals surface area (Å²) < 4.78 is 0. The highest BCUT2D eigenvalue weighted by molar-refractivity contribution is 5.88. The first-order chi connectivity index (χ1) is 11.6. The maximum atomic E-state index is 4.73. The fraction of sp³-hybridized carbons (Fsp3) is 0.368. The molecule has 5 heteroatoms. The van der Waals surface area contributed by atoms with Crippen LogP contribution in [0.5, 0.6) is 0 Å². The highest BCUT2D eigenvalue weighted by Gasteiger charge is 2.21. The summed E-state index contributed by atoms with van der Waals surface area (Å²) in [5, 5.41) is 1.13. The van der Waals surface area contributed by atoms with E-state index in [9.17, 15) is 0 Å². The zero-order chi connectivity index (χ0) is 16.7. The van der Waals surface area contributed by atoms with Crippen molar-refractivity contribution < 1.29 is 0 Å². The van der Waals surface area contributed by atoms with Crippen LogP contribution in [0.1, 0.15) is 17.1 Å². The Labute approximate surface area is 142 Å². The largest absolute Gasteiger partial charge is 0.368 e. The molecule has 1 aliphatic heterocycles. The molecule has 0 unspecified atom stereocenters. The van der Waals surface area contributed by atoms with E-state index in [2.05, 4.69) is 63.9 Å². The molecule has 1 N–H and O–H groups in total. The number of aryl methyl sites for hydroxylation is 3. The Bertz CT molecular complexity index is 875. The number of piperazine rings is 1. The molecule has 0 radical (unpaired) electrons. The monoisotopic (exact) mass is 321 g/mol. The van der Waals surface area contributed by atoms with Crippen molar-refractivity contribution >= 4 is 22.5 Å². The fourth-order valence-corrected chi connectivity index (χ4v) is 3.48. The molecule has 24 heavy (non-hydrogen) atoms. The summed E-state index contributed by atoms with van der Waals surface area (Å²) in [4.78, 5) is 17.4. The van der Waals surface area contributed by atoms with Crippen molar-refractivity contribution in [2.75, 3.05) is 36.0 Å². The van der Waals surface area contributed by atoms with Crippen molar-refractivity contribution in [1.82, 2.24) is 15.0 Å².